The molecule has 24 heavy (non-hydrogen) atoms. The third-order valence-electron chi connectivity index (χ3n) is 4.24. The summed E-state index contributed by atoms with van der Waals surface area (Å²) in [6.07, 6.45) is 1.73. The molecular formula is C18H17N3O2S. The lowest BCUT2D eigenvalue weighted by Crippen LogP contribution is -2.35. The van der Waals surface area contributed by atoms with Crippen LogP contribution in [-0.2, 0) is 17.6 Å². The zero-order chi connectivity index (χ0) is 16.5. The molecule has 0 fully saturated rings. The Balaban J connectivity index is 1.44. The Morgan fingerprint density at radius 1 is 1.33 bits per heavy atom. The van der Waals surface area contributed by atoms with Gasteiger partial charge in [-0.05, 0) is 36.4 Å². The minimum absolute atomic E-state index is 0.100. The number of hydrogen-bond donors (Lipinski definition) is 0. The maximum absolute atomic E-state index is 12.7. The molecular weight excluding hydrogens is 322 g/mol. The van der Waals surface area contributed by atoms with Gasteiger partial charge in [0.15, 0.2) is 0 Å². The van der Waals surface area contributed by atoms with Crippen LogP contribution in [0.1, 0.15) is 24.8 Å². The zero-order valence-corrected chi connectivity index (χ0v) is 14.1. The molecule has 0 N–H and O–H groups in total. The molecule has 0 unspecified atom stereocenters. The van der Waals surface area contributed by atoms with E-state index in [0.717, 1.165) is 17.0 Å². The van der Waals surface area contributed by atoms with Crippen LogP contribution in [0.15, 0.2) is 46.3 Å². The number of anilines is 1. The van der Waals surface area contributed by atoms with Crippen LogP contribution in [0.5, 0.6) is 0 Å². The van der Waals surface area contributed by atoms with Gasteiger partial charge >= 0.3 is 0 Å². The number of para-hydroxylation sites is 1. The summed E-state index contributed by atoms with van der Waals surface area (Å²) in [5, 5.41) is 5.96. The summed E-state index contributed by atoms with van der Waals surface area (Å²) in [5.41, 5.74) is 2.26. The van der Waals surface area contributed by atoms with Crippen molar-refractivity contribution in [2.45, 2.75) is 32.2 Å². The first-order valence-electron chi connectivity index (χ1n) is 7.99. The third-order valence-corrected chi connectivity index (χ3v) is 5.10. The number of rotatable bonds is 4. The fourth-order valence-corrected chi connectivity index (χ4v) is 3.79. The minimum atomic E-state index is 0.100. The summed E-state index contributed by atoms with van der Waals surface area (Å²) in [6.45, 7) is 2.08. The van der Waals surface area contributed by atoms with E-state index in [4.69, 9.17) is 4.52 Å². The molecule has 1 amide bonds. The van der Waals surface area contributed by atoms with Crippen LogP contribution >= 0.6 is 11.3 Å². The molecule has 0 radical (unpaired) electrons. The first-order valence-corrected chi connectivity index (χ1v) is 8.87. The van der Waals surface area contributed by atoms with Crippen LogP contribution in [-0.4, -0.2) is 22.1 Å². The molecule has 0 saturated heterocycles. The van der Waals surface area contributed by atoms with Crippen LogP contribution in [0.25, 0.3) is 10.7 Å². The maximum Gasteiger partial charge on any atom is 0.227 e. The van der Waals surface area contributed by atoms with E-state index >= 15 is 0 Å². The number of carbonyl (C=O) groups is 1. The Kier molecular flexibility index (Phi) is 3.90. The van der Waals surface area contributed by atoms with Gasteiger partial charge in [-0.15, -0.1) is 11.3 Å². The molecule has 2 aromatic heterocycles. The highest BCUT2D eigenvalue weighted by atomic mass is 32.1. The van der Waals surface area contributed by atoms with Crippen LogP contribution in [0.4, 0.5) is 5.69 Å². The quantitative estimate of drug-likeness (QED) is 0.727. The molecule has 5 nitrogen and oxygen atoms in total. The normalized spacial score (nSPS) is 16.4. The summed E-state index contributed by atoms with van der Waals surface area (Å²) < 4.78 is 5.27. The van der Waals surface area contributed by atoms with E-state index in [9.17, 15) is 4.79 Å². The van der Waals surface area contributed by atoms with Gasteiger partial charge in [0.05, 0.1) is 4.88 Å². The van der Waals surface area contributed by atoms with Gasteiger partial charge < -0.3 is 9.42 Å². The molecule has 3 heterocycles. The van der Waals surface area contributed by atoms with E-state index in [1.165, 1.54) is 5.56 Å². The third kappa shape index (κ3) is 2.73. The van der Waals surface area contributed by atoms with E-state index in [-0.39, 0.29) is 11.9 Å². The number of thiophene rings is 1. The molecule has 3 aromatic rings. The minimum Gasteiger partial charge on any atom is -0.339 e. The Labute approximate surface area is 143 Å². The van der Waals surface area contributed by atoms with Crippen molar-refractivity contribution in [1.29, 1.82) is 0 Å². The highest BCUT2D eigenvalue weighted by Crippen LogP contribution is 2.32. The smallest absolute Gasteiger partial charge is 0.227 e. The van der Waals surface area contributed by atoms with Crippen LogP contribution in [0.2, 0.25) is 0 Å². The highest BCUT2D eigenvalue weighted by Gasteiger charge is 2.30. The van der Waals surface area contributed by atoms with Gasteiger partial charge in [-0.3, -0.25) is 4.79 Å². The summed E-state index contributed by atoms with van der Waals surface area (Å²) in [5.74, 6) is 1.20. The highest BCUT2D eigenvalue weighted by molar-refractivity contribution is 7.13. The van der Waals surface area contributed by atoms with E-state index in [0.29, 0.717) is 24.6 Å². The molecule has 6 heteroatoms. The topological polar surface area (TPSA) is 59.2 Å². The van der Waals surface area contributed by atoms with Crippen molar-refractivity contribution in [3.8, 4) is 10.7 Å². The monoisotopic (exact) mass is 339 g/mol. The Bertz CT molecular complexity index is 857. The van der Waals surface area contributed by atoms with Crippen molar-refractivity contribution < 1.29 is 9.32 Å². The van der Waals surface area contributed by atoms with Crippen molar-refractivity contribution in [2.75, 3.05) is 4.90 Å². The number of nitrogens with zero attached hydrogens (tertiary/aromatic N) is 3. The van der Waals surface area contributed by atoms with Gasteiger partial charge in [-0.1, -0.05) is 29.4 Å². The average molecular weight is 339 g/mol. The first kappa shape index (κ1) is 15.1. The second-order valence-corrected chi connectivity index (χ2v) is 6.88. The fourth-order valence-electron chi connectivity index (χ4n) is 3.14. The maximum atomic E-state index is 12.7. The SMILES string of the molecule is C[C@@H]1Cc2ccccc2N1C(=O)CCc1nc(-c2cccs2)no1. The number of hydrogen-bond acceptors (Lipinski definition) is 5. The zero-order valence-electron chi connectivity index (χ0n) is 13.3. The molecule has 0 bridgehead atoms. The number of carbonyl (C=O) groups excluding carboxylic acids is 1. The largest absolute Gasteiger partial charge is 0.339 e. The molecule has 0 aliphatic carbocycles. The molecule has 1 aliphatic rings. The van der Waals surface area contributed by atoms with E-state index in [1.807, 2.05) is 40.6 Å². The van der Waals surface area contributed by atoms with Gasteiger partial charge in [-0.25, -0.2) is 0 Å². The van der Waals surface area contributed by atoms with Crippen molar-refractivity contribution in [1.82, 2.24) is 10.1 Å². The van der Waals surface area contributed by atoms with Crippen molar-refractivity contribution in [3.05, 3.63) is 53.2 Å². The fraction of sp³-hybridized carbons (Fsp3) is 0.278. The Morgan fingerprint density at radius 3 is 3.04 bits per heavy atom. The summed E-state index contributed by atoms with van der Waals surface area (Å²) in [4.78, 5) is 19.9. The van der Waals surface area contributed by atoms with Gasteiger partial charge in [-0.2, -0.15) is 4.98 Å². The second kappa shape index (κ2) is 6.20. The second-order valence-electron chi connectivity index (χ2n) is 5.93. The van der Waals surface area contributed by atoms with Gasteiger partial charge in [0.1, 0.15) is 0 Å². The van der Waals surface area contributed by atoms with Crippen molar-refractivity contribution in [2.24, 2.45) is 0 Å². The molecule has 1 atom stereocenters. The summed E-state index contributed by atoms with van der Waals surface area (Å²) in [7, 11) is 0. The van der Waals surface area contributed by atoms with E-state index < -0.39 is 0 Å². The predicted molar refractivity (Wildman–Crippen MR) is 93.0 cm³/mol. The van der Waals surface area contributed by atoms with Crippen molar-refractivity contribution >= 4 is 22.9 Å². The van der Waals surface area contributed by atoms with Gasteiger partial charge in [0.25, 0.3) is 0 Å². The number of amides is 1. The molecule has 1 aromatic carbocycles. The lowest BCUT2D eigenvalue weighted by Gasteiger charge is -2.22. The Morgan fingerprint density at radius 2 is 2.21 bits per heavy atom. The number of fused-ring (bicyclic) bond motifs is 1. The molecule has 122 valence electrons. The van der Waals surface area contributed by atoms with Crippen LogP contribution < -0.4 is 4.90 Å². The molecule has 0 saturated carbocycles. The standard InChI is InChI=1S/C18H17N3O2S/c1-12-11-13-5-2-3-6-14(13)21(12)17(22)9-8-16-19-18(20-23-16)15-7-4-10-24-15/h2-7,10,12H,8-9,11H2,1H3/t12-/m1/s1. The Hall–Kier alpha value is -2.47. The molecule has 1 aliphatic heterocycles. The van der Waals surface area contributed by atoms with Crippen LogP contribution in [0, 0.1) is 0 Å². The summed E-state index contributed by atoms with van der Waals surface area (Å²) in [6, 6.07) is 12.2. The number of aryl methyl sites for hydroxylation is 1. The van der Waals surface area contributed by atoms with Crippen LogP contribution in [0.3, 0.4) is 0 Å². The lowest BCUT2D eigenvalue weighted by molar-refractivity contribution is -0.118. The number of aromatic nitrogens is 2. The first-order chi connectivity index (χ1) is 11.7. The summed E-state index contributed by atoms with van der Waals surface area (Å²) >= 11 is 1.57. The lowest BCUT2D eigenvalue weighted by atomic mass is 10.1. The van der Waals surface area contributed by atoms with E-state index in [2.05, 4.69) is 23.1 Å². The van der Waals surface area contributed by atoms with E-state index in [1.54, 1.807) is 11.3 Å². The van der Waals surface area contributed by atoms with Gasteiger partial charge in [0, 0.05) is 24.6 Å². The average Bonchev–Trinajstić information content (AvgIpc) is 3.31. The number of benzene rings is 1. The van der Waals surface area contributed by atoms with Crippen molar-refractivity contribution in [3.63, 3.8) is 0 Å². The molecule has 0 spiro atoms. The van der Waals surface area contributed by atoms with Gasteiger partial charge in [0.2, 0.25) is 17.6 Å². The predicted octanol–water partition coefficient (Wildman–Crippen LogP) is 3.71. The molecule has 4 rings (SSSR count).